The SMILES string of the molecule is NCC1CCN(S(=O)(=O)c2ccc3c(c2)OCO3)C1. The van der Waals surface area contributed by atoms with Crippen molar-refractivity contribution < 1.29 is 17.9 Å². The van der Waals surface area contributed by atoms with Crippen LogP contribution in [0.4, 0.5) is 0 Å². The molecule has 3 rings (SSSR count). The van der Waals surface area contributed by atoms with Crippen LogP contribution in [0.15, 0.2) is 23.1 Å². The first-order valence-electron chi connectivity index (χ1n) is 6.21. The molecule has 0 bridgehead atoms. The molecule has 7 heteroatoms. The molecule has 1 fully saturated rings. The van der Waals surface area contributed by atoms with Gasteiger partial charge in [0.05, 0.1) is 4.90 Å². The predicted octanol–water partition coefficient (Wildman–Crippen LogP) is 0.385. The van der Waals surface area contributed by atoms with Crippen LogP contribution in [-0.4, -0.2) is 39.2 Å². The summed E-state index contributed by atoms with van der Waals surface area (Å²) in [6.45, 7) is 1.68. The van der Waals surface area contributed by atoms with Crippen molar-refractivity contribution in [2.75, 3.05) is 26.4 Å². The number of hydrogen-bond donors (Lipinski definition) is 1. The smallest absolute Gasteiger partial charge is 0.243 e. The Morgan fingerprint density at radius 3 is 2.84 bits per heavy atom. The van der Waals surface area contributed by atoms with Crippen LogP contribution in [0.1, 0.15) is 6.42 Å². The van der Waals surface area contributed by atoms with Gasteiger partial charge in [0.25, 0.3) is 0 Å². The lowest BCUT2D eigenvalue weighted by molar-refractivity contribution is 0.174. The number of rotatable bonds is 3. The van der Waals surface area contributed by atoms with Crippen molar-refractivity contribution in [2.45, 2.75) is 11.3 Å². The Kier molecular flexibility index (Phi) is 3.12. The van der Waals surface area contributed by atoms with Crippen LogP contribution in [0.3, 0.4) is 0 Å². The Morgan fingerprint density at radius 1 is 1.32 bits per heavy atom. The fraction of sp³-hybridized carbons (Fsp3) is 0.500. The third-order valence-corrected chi connectivity index (χ3v) is 5.42. The van der Waals surface area contributed by atoms with E-state index in [0.717, 1.165) is 6.42 Å². The second-order valence-corrected chi connectivity index (χ2v) is 6.71. The zero-order chi connectivity index (χ0) is 13.5. The number of nitrogens with two attached hydrogens (primary N) is 1. The summed E-state index contributed by atoms with van der Waals surface area (Å²) < 4.78 is 36.9. The van der Waals surface area contributed by atoms with Crippen molar-refractivity contribution in [3.8, 4) is 11.5 Å². The van der Waals surface area contributed by atoms with E-state index in [2.05, 4.69) is 0 Å². The van der Waals surface area contributed by atoms with E-state index in [1.54, 1.807) is 12.1 Å². The summed E-state index contributed by atoms with van der Waals surface area (Å²) >= 11 is 0. The average Bonchev–Trinajstić information content (AvgIpc) is 3.06. The molecule has 0 amide bonds. The minimum Gasteiger partial charge on any atom is -0.454 e. The van der Waals surface area contributed by atoms with Gasteiger partial charge in [-0.25, -0.2) is 8.42 Å². The third kappa shape index (κ3) is 2.18. The Labute approximate surface area is 112 Å². The van der Waals surface area contributed by atoms with Crippen molar-refractivity contribution in [2.24, 2.45) is 11.7 Å². The first kappa shape index (κ1) is 12.7. The molecule has 1 aromatic rings. The molecule has 2 N–H and O–H groups in total. The number of nitrogens with zero attached hydrogens (tertiary/aromatic N) is 1. The van der Waals surface area contributed by atoms with Crippen molar-refractivity contribution in [3.05, 3.63) is 18.2 Å². The zero-order valence-corrected chi connectivity index (χ0v) is 11.2. The Bertz CT molecular complexity index is 587. The molecule has 0 spiro atoms. The van der Waals surface area contributed by atoms with Gasteiger partial charge in [-0.2, -0.15) is 4.31 Å². The fourth-order valence-corrected chi connectivity index (χ4v) is 3.94. The Hall–Kier alpha value is -1.31. The number of ether oxygens (including phenoxy) is 2. The lowest BCUT2D eigenvalue weighted by Gasteiger charge is -2.16. The van der Waals surface area contributed by atoms with Crippen LogP contribution < -0.4 is 15.2 Å². The molecule has 0 saturated carbocycles. The van der Waals surface area contributed by atoms with Crippen LogP contribution >= 0.6 is 0 Å². The molecule has 0 aliphatic carbocycles. The molecule has 0 radical (unpaired) electrons. The molecule has 1 unspecified atom stereocenters. The number of hydrogen-bond acceptors (Lipinski definition) is 5. The molecule has 0 aromatic heterocycles. The number of sulfonamides is 1. The topological polar surface area (TPSA) is 81.9 Å². The molecule has 1 aromatic carbocycles. The number of fused-ring (bicyclic) bond motifs is 1. The lowest BCUT2D eigenvalue weighted by Crippen LogP contribution is -2.30. The average molecular weight is 284 g/mol. The van der Waals surface area contributed by atoms with Gasteiger partial charge in [0.1, 0.15) is 0 Å². The molecule has 104 valence electrons. The van der Waals surface area contributed by atoms with E-state index in [4.69, 9.17) is 15.2 Å². The van der Waals surface area contributed by atoms with Gasteiger partial charge in [0.15, 0.2) is 11.5 Å². The highest BCUT2D eigenvalue weighted by molar-refractivity contribution is 7.89. The monoisotopic (exact) mass is 284 g/mol. The van der Waals surface area contributed by atoms with Crippen molar-refractivity contribution in [1.29, 1.82) is 0 Å². The van der Waals surface area contributed by atoms with Crippen molar-refractivity contribution >= 4 is 10.0 Å². The third-order valence-electron chi connectivity index (χ3n) is 3.56. The Balaban J connectivity index is 1.88. The maximum atomic E-state index is 12.5. The number of benzene rings is 1. The standard InChI is InChI=1S/C12H16N2O4S/c13-6-9-3-4-14(7-9)19(15,16)10-1-2-11-12(5-10)18-8-17-11/h1-2,5,9H,3-4,6-8,13H2. The maximum absolute atomic E-state index is 12.5. The summed E-state index contributed by atoms with van der Waals surface area (Å²) in [4.78, 5) is 0.245. The van der Waals surface area contributed by atoms with Crippen LogP contribution in [0.25, 0.3) is 0 Å². The van der Waals surface area contributed by atoms with E-state index in [-0.39, 0.29) is 17.6 Å². The molecular formula is C12H16N2O4S. The summed E-state index contributed by atoms with van der Waals surface area (Å²) in [6.07, 6.45) is 0.820. The fourth-order valence-electron chi connectivity index (χ4n) is 2.39. The highest BCUT2D eigenvalue weighted by Gasteiger charge is 2.32. The van der Waals surface area contributed by atoms with Gasteiger partial charge in [-0.1, -0.05) is 0 Å². The normalized spacial score (nSPS) is 22.9. The van der Waals surface area contributed by atoms with E-state index in [1.165, 1.54) is 10.4 Å². The van der Waals surface area contributed by atoms with Crippen LogP contribution in [-0.2, 0) is 10.0 Å². The van der Waals surface area contributed by atoms with Gasteiger partial charge >= 0.3 is 0 Å². The lowest BCUT2D eigenvalue weighted by atomic mass is 10.1. The minimum atomic E-state index is -3.46. The van der Waals surface area contributed by atoms with Gasteiger partial charge < -0.3 is 15.2 Å². The Morgan fingerprint density at radius 2 is 2.11 bits per heavy atom. The van der Waals surface area contributed by atoms with E-state index in [9.17, 15) is 8.42 Å². The molecule has 6 nitrogen and oxygen atoms in total. The second kappa shape index (κ2) is 4.66. The molecule has 2 aliphatic heterocycles. The molecule has 1 atom stereocenters. The zero-order valence-electron chi connectivity index (χ0n) is 10.4. The van der Waals surface area contributed by atoms with Gasteiger partial charge in [-0.15, -0.1) is 0 Å². The largest absolute Gasteiger partial charge is 0.454 e. The van der Waals surface area contributed by atoms with Crippen LogP contribution in [0.2, 0.25) is 0 Å². The van der Waals surface area contributed by atoms with Gasteiger partial charge in [-0.05, 0) is 31.0 Å². The molecule has 2 heterocycles. The summed E-state index contributed by atoms with van der Waals surface area (Å²) in [7, 11) is -3.46. The summed E-state index contributed by atoms with van der Waals surface area (Å²) in [5.41, 5.74) is 5.59. The van der Waals surface area contributed by atoms with Crippen LogP contribution in [0.5, 0.6) is 11.5 Å². The molecule has 1 saturated heterocycles. The van der Waals surface area contributed by atoms with Crippen molar-refractivity contribution in [3.63, 3.8) is 0 Å². The van der Waals surface area contributed by atoms with Crippen molar-refractivity contribution in [1.82, 2.24) is 4.31 Å². The second-order valence-electron chi connectivity index (χ2n) is 4.77. The molecular weight excluding hydrogens is 268 g/mol. The molecule has 2 aliphatic rings. The van der Waals surface area contributed by atoms with E-state index >= 15 is 0 Å². The summed E-state index contributed by atoms with van der Waals surface area (Å²) in [5, 5.41) is 0. The first-order chi connectivity index (χ1) is 9.11. The quantitative estimate of drug-likeness (QED) is 0.868. The van der Waals surface area contributed by atoms with Crippen LogP contribution in [0, 0.1) is 5.92 Å². The predicted molar refractivity (Wildman–Crippen MR) is 68.5 cm³/mol. The molecule has 19 heavy (non-hydrogen) atoms. The van der Waals surface area contributed by atoms with E-state index in [1.807, 2.05) is 0 Å². The van der Waals surface area contributed by atoms with Gasteiger partial charge in [-0.3, -0.25) is 0 Å². The minimum absolute atomic E-state index is 0.137. The maximum Gasteiger partial charge on any atom is 0.243 e. The van der Waals surface area contributed by atoms with Gasteiger partial charge in [0.2, 0.25) is 16.8 Å². The van der Waals surface area contributed by atoms with E-state index < -0.39 is 10.0 Å². The van der Waals surface area contributed by atoms with E-state index in [0.29, 0.717) is 31.1 Å². The highest BCUT2D eigenvalue weighted by Crippen LogP contribution is 2.35. The summed E-state index contributed by atoms with van der Waals surface area (Å²) in [5.74, 6) is 1.32. The van der Waals surface area contributed by atoms with Gasteiger partial charge in [0, 0.05) is 19.2 Å². The summed E-state index contributed by atoms with van der Waals surface area (Å²) in [6, 6.07) is 4.71. The highest BCUT2D eigenvalue weighted by atomic mass is 32.2. The first-order valence-corrected chi connectivity index (χ1v) is 7.65.